The van der Waals surface area contributed by atoms with Gasteiger partial charge in [-0.25, -0.2) is 4.79 Å². The maximum Gasteiger partial charge on any atom is 0.333 e. The predicted octanol–water partition coefficient (Wildman–Crippen LogP) is 1.29. The summed E-state index contributed by atoms with van der Waals surface area (Å²) in [6.07, 6.45) is 9.97. The topological polar surface area (TPSA) is 94.8 Å². The maximum atomic E-state index is 9.72. The Morgan fingerprint density at radius 3 is 2.37 bits per heavy atom. The van der Waals surface area contributed by atoms with Crippen LogP contribution < -0.4 is 0 Å². The highest BCUT2D eigenvalue weighted by Crippen LogP contribution is 2.52. The number of fused-ring (bicyclic) bond motifs is 5. The van der Waals surface area contributed by atoms with E-state index in [0.717, 1.165) is 23.7 Å². The number of carboxylic acid groups (broad SMARTS) is 2. The van der Waals surface area contributed by atoms with Crippen molar-refractivity contribution in [2.75, 3.05) is 0 Å². The molecule has 0 radical (unpaired) electrons. The van der Waals surface area contributed by atoms with E-state index in [1.165, 1.54) is 12.8 Å². The highest BCUT2D eigenvalue weighted by atomic mass is 16.4. The van der Waals surface area contributed by atoms with Crippen molar-refractivity contribution in [2.45, 2.75) is 25.4 Å². The number of allylic oxidation sites excluding steroid dienone is 4. The second kappa shape index (κ2) is 5.57. The number of rotatable bonds is 3. The molecule has 5 nitrogen and oxygen atoms in total. The van der Waals surface area contributed by atoms with Crippen LogP contribution in [0.3, 0.4) is 0 Å². The minimum absolute atomic E-state index is 0.755. The van der Waals surface area contributed by atoms with Crippen molar-refractivity contribution < 1.29 is 24.9 Å². The monoisotopic (exact) mass is 266 g/mol. The number of hydrogen-bond acceptors (Lipinski definition) is 3. The molecule has 19 heavy (non-hydrogen) atoms. The number of aliphatic carboxylic acids is 2. The fraction of sp³-hybridized carbons (Fsp3) is 0.571. The van der Waals surface area contributed by atoms with E-state index in [2.05, 4.69) is 24.3 Å². The lowest BCUT2D eigenvalue weighted by Gasteiger charge is -2.18. The molecule has 0 spiro atoms. The molecule has 5 heteroatoms. The lowest BCUT2D eigenvalue weighted by Crippen LogP contribution is -2.22. The molecule has 104 valence electrons. The van der Waals surface area contributed by atoms with Gasteiger partial charge in [0.05, 0.1) is 6.42 Å². The first-order valence-corrected chi connectivity index (χ1v) is 6.46. The molecule has 0 aromatic heterocycles. The molecule has 5 unspecified atom stereocenters. The number of carbonyl (C=O) groups is 2. The van der Waals surface area contributed by atoms with Crippen LogP contribution in [0.15, 0.2) is 24.3 Å². The van der Waals surface area contributed by atoms with Gasteiger partial charge in [0.2, 0.25) is 0 Å². The van der Waals surface area contributed by atoms with Crippen molar-refractivity contribution in [1.82, 2.24) is 0 Å². The van der Waals surface area contributed by atoms with Gasteiger partial charge < -0.3 is 15.3 Å². The first-order valence-electron chi connectivity index (χ1n) is 6.46. The van der Waals surface area contributed by atoms with E-state index in [0.29, 0.717) is 0 Å². The predicted molar refractivity (Wildman–Crippen MR) is 67.4 cm³/mol. The van der Waals surface area contributed by atoms with Gasteiger partial charge in [0.25, 0.3) is 0 Å². The highest BCUT2D eigenvalue weighted by molar-refractivity contribution is 5.79. The summed E-state index contributed by atoms with van der Waals surface area (Å²) in [5.41, 5.74) is 0. The van der Waals surface area contributed by atoms with Gasteiger partial charge in [-0.15, -0.1) is 0 Å². The van der Waals surface area contributed by atoms with Crippen LogP contribution in [0.25, 0.3) is 0 Å². The highest BCUT2D eigenvalue weighted by Gasteiger charge is 2.44. The molecular formula is C14H18O5. The zero-order valence-corrected chi connectivity index (χ0v) is 10.5. The van der Waals surface area contributed by atoms with Gasteiger partial charge in [0.15, 0.2) is 6.10 Å². The summed E-state index contributed by atoms with van der Waals surface area (Å²) in [7, 11) is 0. The fourth-order valence-electron chi connectivity index (χ4n) is 3.23. The van der Waals surface area contributed by atoms with Gasteiger partial charge in [-0.05, 0) is 36.5 Å². The third-order valence-corrected chi connectivity index (χ3v) is 4.11. The average Bonchev–Trinajstić information content (AvgIpc) is 3.03. The van der Waals surface area contributed by atoms with Crippen molar-refractivity contribution in [1.29, 1.82) is 0 Å². The van der Waals surface area contributed by atoms with Gasteiger partial charge in [-0.2, -0.15) is 0 Å². The van der Waals surface area contributed by atoms with Crippen LogP contribution in [-0.2, 0) is 9.59 Å². The van der Waals surface area contributed by atoms with E-state index >= 15 is 0 Å². The molecule has 0 saturated heterocycles. The van der Waals surface area contributed by atoms with E-state index in [-0.39, 0.29) is 0 Å². The summed E-state index contributed by atoms with van der Waals surface area (Å²) in [6.45, 7) is 0. The molecule has 2 bridgehead atoms. The Hall–Kier alpha value is -1.62. The number of carboxylic acids is 2. The first kappa shape index (κ1) is 13.8. The smallest absolute Gasteiger partial charge is 0.333 e. The van der Waals surface area contributed by atoms with E-state index < -0.39 is 24.5 Å². The van der Waals surface area contributed by atoms with Crippen molar-refractivity contribution in [3.05, 3.63) is 24.3 Å². The van der Waals surface area contributed by atoms with E-state index in [1.807, 2.05) is 0 Å². The lowest BCUT2D eigenvalue weighted by atomic mass is 9.86. The van der Waals surface area contributed by atoms with Crippen molar-refractivity contribution in [3.8, 4) is 0 Å². The average molecular weight is 266 g/mol. The second-order valence-electron chi connectivity index (χ2n) is 5.31. The summed E-state index contributed by atoms with van der Waals surface area (Å²) >= 11 is 0. The molecule has 0 aliphatic heterocycles. The SMILES string of the molecule is C1=CC2C3C=CC(C3)C2C1.O=C(O)CC(O)C(=O)O. The van der Waals surface area contributed by atoms with Crippen molar-refractivity contribution in [3.63, 3.8) is 0 Å². The van der Waals surface area contributed by atoms with Gasteiger partial charge in [-0.1, -0.05) is 24.3 Å². The molecule has 3 rings (SSSR count). The Morgan fingerprint density at radius 2 is 1.84 bits per heavy atom. The van der Waals surface area contributed by atoms with Crippen molar-refractivity contribution >= 4 is 11.9 Å². The molecule has 1 saturated carbocycles. The Kier molecular flexibility index (Phi) is 4.04. The van der Waals surface area contributed by atoms with Crippen molar-refractivity contribution in [2.24, 2.45) is 23.7 Å². The summed E-state index contributed by atoms with van der Waals surface area (Å²) in [5, 5.41) is 24.1. The third-order valence-electron chi connectivity index (χ3n) is 4.11. The van der Waals surface area contributed by atoms with Gasteiger partial charge in [0.1, 0.15) is 0 Å². The molecule has 3 N–H and O–H groups in total. The van der Waals surface area contributed by atoms with Gasteiger partial charge in [0, 0.05) is 0 Å². The van der Waals surface area contributed by atoms with Crippen LogP contribution >= 0.6 is 0 Å². The Labute approximate surface area is 111 Å². The third kappa shape index (κ3) is 3.04. The first-order chi connectivity index (χ1) is 8.99. The van der Waals surface area contributed by atoms with Crippen LogP contribution in [0.5, 0.6) is 0 Å². The van der Waals surface area contributed by atoms with E-state index in [4.69, 9.17) is 15.3 Å². The molecule has 3 aliphatic rings. The maximum absolute atomic E-state index is 9.72. The van der Waals surface area contributed by atoms with Crippen LogP contribution in [0.1, 0.15) is 19.3 Å². The molecule has 1 fully saturated rings. The van der Waals surface area contributed by atoms with E-state index in [9.17, 15) is 9.59 Å². The standard InChI is InChI=1S/C10H12.C4H6O5/c1-2-9-7-4-5-8(6-7)10(9)3-1;5-2(4(8)9)1-3(6)7/h1-2,4-5,7-10H,3,6H2;2,5H,1H2,(H,6,7)(H,8,9). The molecule has 0 heterocycles. The Bertz CT molecular complexity index is 426. The molecule has 0 aromatic rings. The summed E-state index contributed by atoms with van der Waals surface area (Å²) < 4.78 is 0. The Balaban J connectivity index is 0.000000142. The quantitative estimate of drug-likeness (QED) is 0.669. The summed E-state index contributed by atoms with van der Waals surface area (Å²) in [5.74, 6) is 0.978. The summed E-state index contributed by atoms with van der Waals surface area (Å²) in [6, 6.07) is 0. The minimum Gasteiger partial charge on any atom is -0.481 e. The van der Waals surface area contributed by atoms with Crippen LogP contribution in [0.4, 0.5) is 0 Å². The Morgan fingerprint density at radius 1 is 1.16 bits per heavy atom. The molecule has 0 amide bonds. The number of hydrogen-bond donors (Lipinski definition) is 3. The normalized spacial score (nSPS) is 34.6. The number of aliphatic hydroxyl groups excluding tert-OH is 1. The number of aliphatic hydroxyl groups is 1. The molecule has 5 atom stereocenters. The zero-order chi connectivity index (χ0) is 14.0. The van der Waals surface area contributed by atoms with Crippen LogP contribution in [-0.4, -0.2) is 33.4 Å². The minimum atomic E-state index is -1.79. The zero-order valence-electron chi connectivity index (χ0n) is 10.5. The largest absolute Gasteiger partial charge is 0.481 e. The van der Waals surface area contributed by atoms with Crippen LogP contribution in [0.2, 0.25) is 0 Å². The molecule has 3 aliphatic carbocycles. The summed E-state index contributed by atoms with van der Waals surface area (Å²) in [4.78, 5) is 19.4. The second-order valence-corrected chi connectivity index (χ2v) is 5.31. The van der Waals surface area contributed by atoms with Gasteiger partial charge in [-0.3, -0.25) is 4.79 Å². The van der Waals surface area contributed by atoms with Gasteiger partial charge >= 0.3 is 11.9 Å². The molecule has 0 aromatic carbocycles. The fourth-order valence-corrected chi connectivity index (χ4v) is 3.23. The van der Waals surface area contributed by atoms with Crippen LogP contribution in [0, 0.1) is 23.7 Å². The lowest BCUT2D eigenvalue weighted by molar-refractivity contribution is -0.152. The molecular weight excluding hydrogens is 248 g/mol. The van der Waals surface area contributed by atoms with E-state index in [1.54, 1.807) is 0 Å².